The normalized spacial score (nSPS) is 19.9. The van der Waals surface area contributed by atoms with Gasteiger partial charge in [-0.2, -0.15) is 0 Å². The van der Waals surface area contributed by atoms with E-state index in [1.807, 2.05) is 6.33 Å². The molecule has 96 valence electrons. The van der Waals surface area contributed by atoms with Crippen molar-refractivity contribution in [2.24, 2.45) is 11.1 Å². The molecule has 0 bridgehead atoms. The smallest absolute Gasteiger partial charge is 0.147 e. The molecule has 1 aliphatic rings. The topological polar surface area (TPSA) is 60.0 Å². The molecule has 0 aliphatic carbocycles. The van der Waals surface area contributed by atoms with Crippen LogP contribution in [0.5, 0.6) is 0 Å². The second-order valence-corrected chi connectivity index (χ2v) is 5.42. The van der Waals surface area contributed by atoms with E-state index >= 15 is 0 Å². The van der Waals surface area contributed by atoms with Gasteiger partial charge in [-0.15, -0.1) is 10.2 Å². The van der Waals surface area contributed by atoms with Crippen molar-refractivity contribution in [3.63, 3.8) is 0 Å². The third-order valence-corrected chi connectivity index (χ3v) is 3.67. The Morgan fingerprint density at radius 2 is 2.29 bits per heavy atom. The fourth-order valence-electron chi connectivity index (χ4n) is 2.64. The Morgan fingerprint density at radius 1 is 1.47 bits per heavy atom. The van der Waals surface area contributed by atoms with Gasteiger partial charge in [0.15, 0.2) is 0 Å². The van der Waals surface area contributed by atoms with Gasteiger partial charge in [0.05, 0.1) is 6.54 Å². The molecule has 1 aromatic rings. The maximum Gasteiger partial charge on any atom is 0.147 e. The van der Waals surface area contributed by atoms with Crippen LogP contribution in [0.2, 0.25) is 0 Å². The average Bonchev–Trinajstić information content (AvgIpc) is 2.76. The van der Waals surface area contributed by atoms with E-state index in [1.54, 1.807) is 0 Å². The lowest BCUT2D eigenvalue weighted by molar-refractivity contribution is 0.129. The molecule has 0 spiro atoms. The predicted molar refractivity (Wildman–Crippen MR) is 67.4 cm³/mol. The summed E-state index contributed by atoms with van der Waals surface area (Å²) < 4.78 is 2.14. The molecule has 0 saturated heterocycles. The van der Waals surface area contributed by atoms with Gasteiger partial charge < -0.3 is 10.3 Å². The van der Waals surface area contributed by atoms with Crippen molar-refractivity contribution in [2.45, 2.75) is 39.8 Å². The van der Waals surface area contributed by atoms with Gasteiger partial charge in [0.25, 0.3) is 0 Å². The SMILES string of the molecule is CCCC(C)(CN)CN1CCn2cnnc2C1. The highest BCUT2D eigenvalue weighted by atomic mass is 15.3. The lowest BCUT2D eigenvalue weighted by Crippen LogP contribution is -2.43. The Kier molecular flexibility index (Phi) is 3.79. The van der Waals surface area contributed by atoms with Gasteiger partial charge in [0.2, 0.25) is 0 Å². The number of fused-ring (bicyclic) bond motifs is 1. The fraction of sp³-hybridized carbons (Fsp3) is 0.833. The first-order valence-electron chi connectivity index (χ1n) is 6.46. The Hall–Kier alpha value is -0.940. The van der Waals surface area contributed by atoms with Crippen LogP contribution < -0.4 is 5.73 Å². The number of nitrogens with zero attached hydrogens (tertiary/aromatic N) is 4. The molecule has 5 heteroatoms. The van der Waals surface area contributed by atoms with Gasteiger partial charge in [-0.1, -0.05) is 20.3 Å². The van der Waals surface area contributed by atoms with E-state index in [0.717, 1.165) is 38.5 Å². The van der Waals surface area contributed by atoms with Crippen molar-refractivity contribution < 1.29 is 0 Å². The van der Waals surface area contributed by atoms with Crippen LogP contribution in [0.4, 0.5) is 0 Å². The molecule has 0 amide bonds. The number of hydrogen-bond acceptors (Lipinski definition) is 4. The standard InChI is InChI=1S/C12H23N5/c1-3-4-12(2,8-13)9-16-5-6-17-10-14-15-11(17)7-16/h10H,3-9,13H2,1-2H3. The van der Waals surface area contributed by atoms with Crippen LogP contribution in [-0.4, -0.2) is 39.3 Å². The van der Waals surface area contributed by atoms with Gasteiger partial charge in [-0.3, -0.25) is 4.90 Å². The van der Waals surface area contributed by atoms with Crippen molar-refractivity contribution in [3.05, 3.63) is 12.2 Å². The van der Waals surface area contributed by atoms with Crippen molar-refractivity contribution in [1.29, 1.82) is 0 Å². The van der Waals surface area contributed by atoms with Crippen LogP contribution in [0.15, 0.2) is 6.33 Å². The van der Waals surface area contributed by atoms with Gasteiger partial charge in [-0.25, -0.2) is 0 Å². The molecular formula is C12H23N5. The van der Waals surface area contributed by atoms with Crippen molar-refractivity contribution in [2.75, 3.05) is 19.6 Å². The van der Waals surface area contributed by atoms with Gasteiger partial charge in [0.1, 0.15) is 12.2 Å². The summed E-state index contributed by atoms with van der Waals surface area (Å²) in [5.74, 6) is 1.08. The highest BCUT2D eigenvalue weighted by molar-refractivity contribution is 4.91. The lowest BCUT2D eigenvalue weighted by Gasteiger charge is -2.36. The summed E-state index contributed by atoms with van der Waals surface area (Å²) in [4.78, 5) is 2.45. The number of nitrogens with two attached hydrogens (primary N) is 1. The van der Waals surface area contributed by atoms with Gasteiger partial charge >= 0.3 is 0 Å². The van der Waals surface area contributed by atoms with E-state index < -0.39 is 0 Å². The molecule has 1 aliphatic heterocycles. The lowest BCUT2D eigenvalue weighted by atomic mass is 9.85. The zero-order valence-corrected chi connectivity index (χ0v) is 10.9. The minimum Gasteiger partial charge on any atom is -0.330 e. The van der Waals surface area contributed by atoms with Crippen LogP contribution in [0, 0.1) is 5.41 Å². The molecule has 2 N–H and O–H groups in total. The quantitative estimate of drug-likeness (QED) is 0.825. The minimum atomic E-state index is 0.233. The van der Waals surface area contributed by atoms with E-state index in [4.69, 9.17) is 5.73 Å². The van der Waals surface area contributed by atoms with Crippen molar-refractivity contribution >= 4 is 0 Å². The summed E-state index contributed by atoms with van der Waals surface area (Å²) in [6.45, 7) is 9.30. The average molecular weight is 237 g/mol. The van der Waals surface area contributed by atoms with E-state index in [2.05, 4.69) is 33.5 Å². The van der Waals surface area contributed by atoms with Crippen molar-refractivity contribution in [3.8, 4) is 0 Å². The second-order valence-electron chi connectivity index (χ2n) is 5.42. The van der Waals surface area contributed by atoms with Crippen LogP contribution >= 0.6 is 0 Å². The third kappa shape index (κ3) is 2.84. The van der Waals surface area contributed by atoms with Crippen LogP contribution in [0.1, 0.15) is 32.5 Å². The van der Waals surface area contributed by atoms with Crippen LogP contribution in [-0.2, 0) is 13.1 Å². The molecule has 2 heterocycles. The minimum absolute atomic E-state index is 0.233. The Bertz CT molecular complexity index is 362. The number of hydrogen-bond donors (Lipinski definition) is 1. The summed E-state index contributed by atoms with van der Waals surface area (Å²) in [5, 5.41) is 8.10. The van der Waals surface area contributed by atoms with Crippen LogP contribution in [0.25, 0.3) is 0 Å². The molecule has 0 fully saturated rings. The van der Waals surface area contributed by atoms with Crippen molar-refractivity contribution in [1.82, 2.24) is 19.7 Å². The highest BCUT2D eigenvalue weighted by Gasteiger charge is 2.27. The van der Waals surface area contributed by atoms with E-state index in [-0.39, 0.29) is 5.41 Å². The number of aromatic nitrogens is 3. The Labute approximate surface area is 103 Å². The zero-order chi connectivity index (χ0) is 12.3. The maximum atomic E-state index is 5.93. The summed E-state index contributed by atoms with van der Waals surface area (Å²) >= 11 is 0. The molecule has 1 aromatic heterocycles. The second kappa shape index (κ2) is 5.14. The molecule has 0 aromatic carbocycles. The largest absolute Gasteiger partial charge is 0.330 e. The first-order valence-corrected chi connectivity index (χ1v) is 6.46. The maximum absolute atomic E-state index is 5.93. The van der Waals surface area contributed by atoms with Crippen LogP contribution in [0.3, 0.4) is 0 Å². The zero-order valence-electron chi connectivity index (χ0n) is 10.9. The molecule has 17 heavy (non-hydrogen) atoms. The fourth-order valence-corrected chi connectivity index (χ4v) is 2.64. The molecule has 0 radical (unpaired) electrons. The Balaban J connectivity index is 1.97. The predicted octanol–water partition coefficient (Wildman–Crippen LogP) is 0.859. The van der Waals surface area contributed by atoms with Gasteiger partial charge in [0, 0.05) is 19.6 Å². The highest BCUT2D eigenvalue weighted by Crippen LogP contribution is 2.24. The first-order chi connectivity index (χ1) is 8.17. The molecular weight excluding hydrogens is 214 g/mol. The first kappa shape index (κ1) is 12.5. The van der Waals surface area contributed by atoms with E-state index in [9.17, 15) is 0 Å². The summed E-state index contributed by atoms with van der Waals surface area (Å²) in [6, 6.07) is 0. The Morgan fingerprint density at radius 3 is 3.00 bits per heavy atom. The molecule has 1 unspecified atom stereocenters. The molecule has 2 rings (SSSR count). The van der Waals surface area contributed by atoms with Gasteiger partial charge in [-0.05, 0) is 18.4 Å². The molecule has 5 nitrogen and oxygen atoms in total. The third-order valence-electron chi connectivity index (χ3n) is 3.67. The monoisotopic (exact) mass is 237 g/mol. The summed E-state index contributed by atoms with van der Waals surface area (Å²) in [6.07, 6.45) is 4.20. The van der Waals surface area contributed by atoms with E-state index in [1.165, 1.54) is 12.8 Å². The molecule has 0 saturated carbocycles. The summed E-state index contributed by atoms with van der Waals surface area (Å²) in [7, 11) is 0. The van der Waals surface area contributed by atoms with E-state index in [0.29, 0.717) is 0 Å². The number of rotatable bonds is 5. The summed E-state index contributed by atoms with van der Waals surface area (Å²) in [5.41, 5.74) is 6.16. The molecule has 1 atom stereocenters.